The fraction of sp³-hybridized carbons (Fsp3) is 0.681. The number of thiocarbonyl (C=S) groups is 1. The van der Waals surface area contributed by atoms with E-state index < -0.39 is 211 Å². The number of nitrogens with one attached hydrogen (secondary N) is 2. The summed E-state index contributed by atoms with van der Waals surface area (Å²) in [4.78, 5) is 215. The quantitative estimate of drug-likeness (QED) is 0.0214. The van der Waals surface area contributed by atoms with E-state index in [2.05, 4.69) is 20.8 Å². The van der Waals surface area contributed by atoms with E-state index in [-0.39, 0.29) is 183 Å². The summed E-state index contributed by atoms with van der Waals surface area (Å²) in [6.45, 7) is -6.28. The van der Waals surface area contributed by atoms with Crippen LogP contribution < -0.4 is 10.6 Å². The van der Waals surface area contributed by atoms with Crippen molar-refractivity contribution < 1.29 is 133 Å². The van der Waals surface area contributed by atoms with E-state index in [4.69, 9.17) is 12.2 Å². The first-order chi connectivity index (χ1) is 53.5. The topological polar surface area (TPSA) is 577 Å². The van der Waals surface area contributed by atoms with Crippen LogP contribution in [0.5, 0.6) is 0 Å². The van der Waals surface area contributed by atoms with Crippen LogP contribution in [0.3, 0.4) is 0 Å². The molecule has 43 nitrogen and oxygen atoms in total. The number of carbonyl (C=O) groups is 15. The Morgan fingerprint density at radius 2 is 0.611 bits per heavy atom. The van der Waals surface area contributed by atoms with Gasteiger partial charge in [0.25, 0.3) is 0 Å². The third kappa shape index (κ3) is 40.3. The number of hydrogen-bond donors (Lipinski definition) is 14. The van der Waals surface area contributed by atoms with Crippen molar-refractivity contribution in [2.75, 3.05) is 236 Å². The Hall–Kier alpha value is -9.41. The number of carboxylic acids is 12. The number of carboxylic acid groups (broad SMARTS) is 12. The van der Waals surface area contributed by atoms with Crippen LogP contribution in [0.25, 0.3) is 0 Å². The minimum atomic E-state index is -1.52. The Morgan fingerprint density at radius 3 is 0.858 bits per heavy atom. The van der Waals surface area contributed by atoms with Gasteiger partial charge in [0.1, 0.15) is 18.1 Å². The van der Waals surface area contributed by atoms with Gasteiger partial charge in [-0.1, -0.05) is 12.1 Å². The summed E-state index contributed by atoms with van der Waals surface area (Å²) >= 11 is 4.80. The SMILES string of the molecule is O=C(O)CN1CCN(CC(=O)O)CCN([C@@H](CCC(=O)NCCN(C[C@H](Cc2ccc(N=C=S)cc2)NC(=O)CC[C@@H](C(=O)O)N2CCN(CC(=O)O)CCN(CC(=O)O)CCN(CC(=O)O)CC2)C(=O)CC[C@@H](C(=O)O)N2CCN(CC(=O)O)CCN(CC(=O)O)CCN(CC(=O)O)CC2)C(=O)O)CCN(CC(=O)O)CC1. The number of isothiocyanates is 1. The van der Waals surface area contributed by atoms with Crippen LogP contribution in [0, 0.1) is 0 Å². The van der Waals surface area contributed by atoms with Crippen molar-refractivity contribution in [3.8, 4) is 0 Å². The molecule has 1 aromatic rings. The number of nitrogens with zero attached hydrogens (tertiary/aromatic N) is 14. The van der Waals surface area contributed by atoms with Gasteiger partial charge in [-0.3, -0.25) is 131 Å². The van der Waals surface area contributed by atoms with Crippen molar-refractivity contribution in [2.45, 2.75) is 69.1 Å². The molecular formula is C69H108N16O27S. The lowest BCUT2D eigenvalue weighted by Gasteiger charge is -2.35. The highest BCUT2D eigenvalue weighted by Crippen LogP contribution is 2.19. The van der Waals surface area contributed by atoms with Crippen LogP contribution in [-0.2, 0) is 78.3 Å². The van der Waals surface area contributed by atoms with E-state index in [9.17, 15) is 128 Å². The van der Waals surface area contributed by atoms with Crippen LogP contribution in [0.4, 0.5) is 5.69 Å². The molecule has 0 radical (unpaired) electrons. The summed E-state index contributed by atoms with van der Waals surface area (Å²) in [5.41, 5.74) is 0.921. The zero-order valence-electron chi connectivity index (χ0n) is 63.2. The lowest BCUT2D eigenvalue weighted by Crippen LogP contribution is -2.52. The summed E-state index contributed by atoms with van der Waals surface area (Å²) in [6.07, 6.45) is -2.82. The Balaban J connectivity index is 1.75. The molecule has 1 aromatic carbocycles. The fourth-order valence-corrected chi connectivity index (χ4v) is 13.7. The highest BCUT2D eigenvalue weighted by molar-refractivity contribution is 7.78. The van der Waals surface area contributed by atoms with Gasteiger partial charge in [0.05, 0.1) is 75.8 Å². The number of aliphatic carboxylic acids is 12. The molecule has 0 spiro atoms. The Kier molecular flexibility index (Phi) is 43.6. The number of hydrogen-bond acceptors (Lipinski definition) is 29. The molecule has 113 heavy (non-hydrogen) atoms. The molecule has 632 valence electrons. The molecule has 0 aromatic heterocycles. The van der Waals surface area contributed by atoms with E-state index in [1.54, 1.807) is 24.3 Å². The average molecular weight is 1630 g/mol. The molecule has 0 unspecified atom stereocenters. The third-order valence-electron chi connectivity index (χ3n) is 19.4. The molecule has 0 saturated carbocycles. The standard InChI is InChI=1S/C69H108N16O27S/c86-55(8-5-52(67(107)108)82-31-25-76(42-61(95)96)19-13-73(39-58(89)90)14-20-77(26-32-82)43-62(97)98)70-11-12-85(57(88)10-7-54(69(111)112)84-35-29-80(46-65(103)104)23-17-75(41-60(93)94)18-24-81(30-36-84)47-66(105)106)38-51(37-49-1-3-50(4-2-49)71-48-113)72-56(87)9-6-53(68(109)110)83-33-27-78(44-63(99)100)21-15-74(40-59(91)92)16-22-79(28-34-83)45-64(101)102/h1-4,51-54H,5-47H2,(H,70,86)(H,72,87)(H,89,90)(H,91,92)(H,93,94)(H,95,96)(H,97,98)(H,99,100)(H,101,102)(H,103,104)(H,105,106)(H,107,108)(H,109,110)(H,111,112)/t51-,52-,53-,54-/m0/s1. The van der Waals surface area contributed by atoms with Gasteiger partial charge in [-0.25, -0.2) is 0 Å². The number of rotatable bonds is 42. The van der Waals surface area contributed by atoms with E-state index in [1.807, 2.05) is 0 Å². The lowest BCUT2D eigenvalue weighted by atomic mass is 10.0. The average Bonchev–Trinajstić information content (AvgIpc) is 0.869. The maximum atomic E-state index is 15.2. The van der Waals surface area contributed by atoms with Crippen molar-refractivity contribution in [3.05, 3.63) is 29.8 Å². The van der Waals surface area contributed by atoms with Crippen LogP contribution in [-0.4, -0.2) is 479 Å². The highest BCUT2D eigenvalue weighted by atomic mass is 32.1. The molecule has 4 rings (SSSR count). The van der Waals surface area contributed by atoms with Gasteiger partial charge in [0.2, 0.25) is 17.7 Å². The molecule has 3 amide bonds. The Morgan fingerprint density at radius 1 is 0.363 bits per heavy atom. The van der Waals surface area contributed by atoms with Crippen LogP contribution in [0.2, 0.25) is 0 Å². The molecule has 0 aliphatic carbocycles. The predicted octanol–water partition coefficient (Wildman–Crippen LogP) is -5.48. The molecule has 3 aliphatic rings. The molecule has 0 bridgehead atoms. The Labute approximate surface area is 657 Å². The maximum absolute atomic E-state index is 15.2. The molecule has 3 heterocycles. The molecule has 3 fully saturated rings. The van der Waals surface area contributed by atoms with Gasteiger partial charge in [-0.2, -0.15) is 4.99 Å². The highest BCUT2D eigenvalue weighted by Gasteiger charge is 2.35. The van der Waals surface area contributed by atoms with Crippen LogP contribution in [0.1, 0.15) is 44.1 Å². The van der Waals surface area contributed by atoms with Crippen molar-refractivity contribution >= 4 is 112 Å². The summed E-state index contributed by atoms with van der Waals surface area (Å²) < 4.78 is 0. The predicted molar refractivity (Wildman–Crippen MR) is 400 cm³/mol. The van der Waals surface area contributed by atoms with Gasteiger partial charge in [-0.15, -0.1) is 0 Å². The van der Waals surface area contributed by atoms with Crippen molar-refractivity contribution in [1.82, 2.24) is 74.3 Å². The minimum absolute atomic E-state index is 0.000426. The molecule has 4 atom stereocenters. The molecule has 14 N–H and O–H groups in total. The first-order valence-corrected chi connectivity index (χ1v) is 37.3. The number of carbonyl (C=O) groups excluding carboxylic acids is 3. The van der Waals surface area contributed by atoms with Gasteiger partial charge in [0.15, 0.2) is 0 Å². The van der Waals surface area contributed by atoms with E-state index in [0.717, 1.165) is 0 Å². The van der Waals surface area contributed by atoms with Crippen LogP contribution >= 0.6 is 12.2 Å². The molecule has 3 saturated heterocycles. The maximum Gasteiger partial charge on any atom is 0.320 e. The van der Waals surface area contributed by atoms with Crippen LogP contribution in [0.15, 0.2) is 29.3 Å². The third-order valence-corrected chi connectivity index (χ3v) is 19.5. The molecule has 44 heteroatoms. The smallest absolute Gasteiger partial charge is 0.320 e. The number of amides is 3. The summed E-state index contributed by atoms with van der Waals surface area (Å²) in [7, 11) is 0. The second-order valence-electron chi connectivity index (χ2n) is 27.8. The zero-order valence-corrected chi connectivity index (χ0v) is 64.0. The number of aliphatic imine (C=N–C) groups is 1. The second kappa shape index (κ2) is 51.4. The number of benzene rings is 1. The van der Waals surface area contributed by atoms with E-state index in [0.29, 0.717) is 11.3 Å². The van der Waals surface area contributed by atoms with Crippen molar-refractivity contribution in [1.29, 1.82) is 0 Å². The fourth-order valence-electron chi connectivity index (χ4n) is 13.6. The van der Waals surface area contributed by atoms with Crippen molar-refractivity contribution in [2.24, 2.45) is 4.99 Å². The van der Waals surface area contributed by atoms with E-state index in [1.165, 1.54) is 63.7 Å². The zero-order chi connectivity index (χ0) is 83.7. The van der Waals surface area contributed by atoms with Gasteiger partial charge in [-0.05, 0) is 55.6 Å². The normalized spacial score (nSPS) is 18.7. The summed E-state index contributed by atoms with van der Waals surface area (Å²) in [6, 6.07) is 0.923. The summed E-state index contributed by atoms with van der Waals surface area (Å²) in [5.74, 6) is -17.4. The first kappa shape index (κ1) is 96.0. The van der Waals surface area contributed by atoms with E-state index >= 15 is 4.79 Å². The largest absolute Gasteiger partial charge is 0.480 e. The first-order valence-electron chi connectivity index (χ1n) is 36.9. The second-order valence-corrected chi connectivity index (χ2v) is 28.0. The van der Waals surface area contributed by atoms with Gasteiger partial charge >= 0.3 is 71.6 Å². The lowest BCUT2D eigenvalue weighted by molar-refractivity contribution is -0.146. The Bertz CT molecular complexity index is 3300. The monoisotopic (exact) mass is 1620 g/mol. The molecular weight excluding hydrogens is 1520 g/mol. The van der Waals surface area contributed by atoms with Gasteiger partial charge in [0, 0.05) is 196 Å². The summed E-state index contributed by atoms with van der Waals surface area (Å²) in [5, 5.41) is 128. The van der Waals surface area contributed by atoms with Gasteiger partial charge < -0.3 is 76.8 Å². The molecule has 3 aliphatic heterocycles. The minimum Gasteiger partial charge on any atom is -0.480 e. The van der Waals surface area contributed by atoms with Crippen molar-refractivity contribution in [3.63, 3.8) is 0 Å².